The molecule has 0 aliphatic rings. The molecule has 0 radical (unpaired) electrons. The Balaban J connectivity index is 1.84. The average molecular weight is 346 g/mol. The van der Waals surface area contributed by atoms with Gasteiger partial charge in [0.1, 0.15) is 5.75 Å². The van der Waals surface area contributed by atoms with Gasteiger partial charge in [-0.1, -0.05) is 43.1 Å². The van der Waals surface area contributed by atoms with E-state index in [9.17, 15) is 4.79 Å². The summed E-state index contributed by atoms with van der Waals surface area (Å²) in [7, 11) is 0. The number of rotatable bonds is 7. The van der Waals surface area contributed by atoms with Crippen molar-refractivity contribution < 1.29 is 9.53 Å². The van der Waals surface area contributed by atoms with Gasteiger partial charge in [0, 0.05) is 10.7 Å². The highest BCUT2D eigenvalue weighted by Crippen LogP contribution is 2.14. The van der Waals surface area contributed by atoms with E-state index in [1.807, 2.05) is 24.3 Å². The van der Waals surface area contributed by atoms with Crippen molar-refractivity contribution in [2.75, 3.05) is 11.9 Å². The fourth-order valence-corrected chi connectivity index (χ4v) is 2.10. The normalized spacial score (nSPS) is 10.6. The van der Waals surface area contributed by atoms with Crippen molar-refractivity contribution in [3.8, 4) is 5.75 Å². The number of urea groups is 1. The molecule has 126 valence electrons. The van der Waals surface area contributed by atoms with Crippen molar-refractivity contribution >= 4 is 29.5 Å². The lowest BCUT2D eigenvalue weighted by Gasteiger charge is -2.06. The number of hydrogen-bond acceptors (Lipinski definition) is 3. The van der Waals surface area contributed by atoms with Gasteiger partial charge < -0.3 is 10.1 Å². The van der Waals surface area contributed by atoms with E-state index < -0.39 is 6.03 Å². The first-order valence-electron chi connectivity index (χ1n) is 7.76. The lowest BCUT2D eigenvalue weighted by molar-refractivity contribution is 0.252. The molecule has 0 heterocycles. The van der Waals surface area contributed by atoms with Crippen LogP contribution < -0.4 is 15.5 Å². The van der Waals surface area contributed by atoms with Crippen LogP contribution in [-0.2, 0) is 0 Å². The molecule has 24 heavy (non-hydrogen) atoms. The minimum absolute atomic E-state index is 0.441. The third-order valence-corrected chi connectivity index (χ3v) is 3.32. The number of benzene rings is 2. The number of unbranched alkanes of at least 4 members (excludes halogenated alkanes) is 1. The zero-order valence-corrected chi connectivity index (χ0v) is 14.2. The van der Waals surface area contributed by atoms with Gasteiger partial charge in [0.2, 0.25) is 0 Å². The van der Waals surface area contributed by atoms with Gasteiger partial charge in [-0.3, -0.25) is 0 Å². The van der Waals surface area contributed by atoms with Crippen LogP contribution in [0.5, 0.6) is 5.75 Å². The molecule has 2 amide bonds. The summed E-state index contributed by atoms with van der Waals surface area (Å²) in [6.45, 7) is 2.81. The van der Waals surface area contributed by atoms with Gasteiger partial charge in [-0.2, -0.15) is 5.10 Å². The summed E-state index contributed by atoms with van der Waals surface area (Å²) < 4.78 is 5.63. The average Bonchev–Trinajstić information content (AvgIpc) is 2.55. The lowest BCUT2D eigenvalue weighted by Crippen LogP contribution is -2.24. The summed E-state index contributed by atoms with van der Waals surface area (Å²) in [6.07, 6.45) is 3.67. The van der Waals surface area contributed by atoms with Crippen molar-refractivity contribution in [1.82, 2.24) is 5.43 Å². The fourth-order valence-electron chi connectivity index (χ4n) is 1.91. The van der Waals surface area contributed by atoms with Gasteiger partial charge in [0.05, 0.1) is 12.8 Å². The predicted molar refractivity (Wildman–Crippen MR) is 98.0 cm³/mol. The van der Waals surface area contributed by atoms with Gasteiger partial charge in [-0.25, -0.2) is 10.2 Å². The first-order valence-corrected chi connectivity index (χ1v) is 8.13. The fraction of sp³-hybridized carbons (Fsp3) is 0.222. The second-order valence-electron chi connectivity index (χ2n) is 5.11. The molecule has 0 fully saturated rings. The van der Waals surface area contributed by atoms with Crippen LogP contribution in [0.3, 0.4) is 0 Å². The Labute approximate surface area is 146 Å². The van der Waals surface area contributed by atoms with Crippen LogP contribution in [0, 0.1) is 0 Å². The van der Waals surface area contributed by atoms with Crippen LogP contribution >= 0.6 is 11.6 Å². The number of hydrogen-bond donors (Lipinski definition) is 2. The Kier molecular flexibility index (Phi) is 7.11. The van der Waals surface area contributed by atoms with Crippen molar-refractivity contribution in [3.05, 3.63) is 59.1 Å². The maximum atomic E-state index is 11.8. The van der Waals surface area contributed by atoms with E-state index in [2.05, 4.69) is 22.8 Å². The molecule has 0 atom stereocenters. The van der Waals surface area contributed by atoms with Gasteiger partial charge in [0.15, 0.2) is 0 Å². The quantitative estimate of drug-likeness (QED) is 0.435. The second kappa shape index (κ2) is 9.57. The van der Waals surface area contributed by atoms with Crippen molar-refractivity contribution in [3.63, 3.8) is 0 Å². The Morgan fingerprint density at radius 3 is 2.88 bits per heavy atom. The molecule has 0 bridgehead atoms. The van der Waals surface area contributed by atoms with E-state index in [1.165, 1.54) is 0 Å². The number of nitrogens with one attached hydrogen (secondary N) is 2. The summed E-state index contributed by atoms with van der Waals surface area (Å²) in [4.78, 5) is 11.8. The molecule has 2 rings (SSSR count). The molecule has 0 aliphatic carbocycles. The topological polar surface area (TPSA) is 62.7 Å². The number of halogens is 1. The second-order valence-corrected chi connectivity index (χ2v) is 5.55. The summed E-state index contributed by atoms with van der Waals surface area (Å²) in [5.41, 5.74) is 3.84. The van der Waals surface area contributed by atoms with Crippen LogP contribution in [-0.4, -0.2) is 18.9 Å². The molecule has 5 nitrogen and oxygen atoms in total. The SMILES string of the molecule is CCCCOc1cccc(/C=N\NC(=O)Nc2cccc(Cl)c2)c1. The molecule has 2 aromatic rings. The maximum Gasteiger partial charge on any atom is 0.339 e. The van der Waals surface area contributed by atoms with E-state index in [1.54, 1.807) is 30.5 Å². The monoisotopic (exact) mass is 345 g/mol. The smallest absolute Gasteiger partial charge is 0.339 e. The number of carbonyl (C=O) groups is 1. The van der Waals surface area contributed by atoms with Crippen molar-refractivity contribution in [2.45, 2.75) is 19.8 Å². The molecule has 0 unspecified atom stereocenters. The molecule has 6 heteroatoms. The van der Waals surface area contributed by atoms with Crippen molar-refractivity contribution in [2.24, 2.45) is 5.10 Å². The third kappa shape index (κ3) is 6.30. The van der Waals surface area contributed by atoms with E-state index in [0.717, 1.165) is 24.2 Å². The Hall–Kier alpha value is -2.53. The molecule has 2 aromatic carbocycles. The first kappa shape index (κ1) is 17.8. The highest BCUT2D eigenvalue weighted by atomic mass is 35.5. The zero-order chi connectivity index (χ0) is 17.2. The van der Waals surface area contributed by atoms with Crippen molar-refractivity contribution in [1.29, 1.82) is 0 Å². The summed E-state index contributed by atoms with van der Waals surface area (Å²) in [5.74, 6) is 0.788. The highest BCUT2D eigenvalue weighted by molar-refractivity contribution is 6.30. The number of anilines is 1. The Bertz CT molecular complexity index is 704. The van der Waals surface area contributed by atoms with E-state index >= 15 is 0 Å². The lowest BCUT2D eigenvalue weighted by atomic mass is 10.2. The molecule has 2 N–H and O–H groups in total. The summed E-state index contributed by atoms with van der Waals surface area (Å²) in [6, 6.07) is 14.0. The Morgan fingerprint density at radius 2 is 2.08 bits per heavy atom. The van der Waals surface area contributed by atoms with E-state index in [4.69, 9.17) is 16.3 Å². The van der Waals surface area contributed by atoms with E-state index in [-0.39, 0.29) is 0 Å². The standard InChI is InChI=1S/C18H20ClN3O2/c1-2-3-10-24-17-9-4-6-14(11-17)13-20-22-18(23)21-16-8-5-7-15(19)12-16/h4-9,11-13H,2-3,10H2,1H3,(H2,21,22,23)/b20-13-. The van der Waals surface area contributed by atoms with Crippen LogP contribution in [0.15, 0.2) is 53.6 Å². The largest absolute Gasteiger partial charge is 0.494 e. The first-order chi connectivity index (χ1) is 11.7. The van der Waals surface area contributed by atoms with Gasteiger partial charge in [0.25, 0.3) is 0 Å². The molecular weight excluding hydrogens is 326 g/mol. The van der Waals surface area contributed by atoms with Gasteiger partial charge in [-0.15, -0.1) is 0 Å². The number of ether oxygens (including phenoxy) is 1. The van der Waals surface area contributed by atoms with Crippen LogP contribution in [0.25, 0.3) is 0 Å². The molecular formula is C18H20ClN3O2. The van der Waals surface area contributed by atoms with Gasteiger partial charge in [-0.05, 0) is 42.3 Å². The number of carbonyl (C=O) groups excluding carboxylic acids is 1. The number of nitrogens with zero attached hydrogens (tertiary/aromatic N) is 1. The van der Waals surface area contributed by atoms with E-state index in [0.29, 0.717) is 17.3 Å². The summed E-state index contributed by atoms with van der Waals surface area (Å²) in [5, 5.41) is 7.12. The zero-order valence-electron chi connectivity index (χ0n) is 13.5. The molecule has 0 aromatic heterocycles. The molecule has 0 spiro atoms. The molecule has 0 aliphatic heterocycles. The maximum absolute atomic E-state index is 11.8. The molecule has 0 saturated carbocycles. The molecule has 0 saturated heterocycles. The Morgan fingerprint density at radius 1 is 1.25 bits per heavy atom. The minimum atomic E-state index is -0.441. The minimum Gasteiger partial charge on any atom is -0.494 e. The van der Waals surface area contributed by atoms with Crippen LogP contribution in [0.2, 0.25) is 5.02 Å². The predicted octanol–water partition coefficient (Wildman–Crippen LogP) is 4.67. The highest BCUT2D eigenvalue weighted by Gasteiger charge is 2.00. The van der Waals surface area contributed by atoms with Crippen LogP contribution in [0.1, 0.15) is 25.3 Å². The number of amides is 2. The van der Waals surface area contributed by atoms with Crippen LogP contribution in [0.4, 0.5) is 10.5 Å². The van der Waals surface area contributed by atoms with Gasteiger partial charge >= 0.3 is 6.03 Å². The summed E-state index contributed by atoms with van der Waals surface area (Å²) >= 11 is 5.86. The third-order valence-electron chi connectivity index (χ3n) is 3.09. The number of hydrazone groups is 1.